The van der Waals surface area contributed by atoms with E-state index in [0.717, 1.165) is 38.6 Å². The molecule has 0 bridgehead atoms. The van der Waals surface area contributed by atoms with Crippen LogP contribution in [0.25, 0.3) is 0 Å². The SMILES string of the molecule is CS(=O)(=O)c1ccccc1NCCCC1CCCCC1O. The van der Waals surface area contributed by atoms with Crippen LogP contribution in [0, 0.1) is 5.92 Å². The number of para-hydroxylation sites is 1. The second-order valence-electron chi connectivity index (χ2n) is 5.95. The largest absolute Gasteiger partial charge is 0.393 e. The molecule has 1 aliphatic rings. The summed E-state index contributed by atoms with van der Waals surface area (Å²) >= 11 is 0. The van der Waals surface area contributed by atoms with Gasteiger partial charge in [0.05, 0.1) is 16.7 Å². The summed E-state index contributed by atoms with van der Waals surface area (Å²) in [4.78, 5) is 0.350. The molecular weight excluding hydrogens is 286 g/mol. The van der Waals surface area contributed by atoms with Crippen LogP contribution in [0.15, 0.2) is 29.2 Å². The lowest BCUT2D eigenvalue weighted by molar-refractivity contribution is 0.0648. The molecule has 1 aliphatic carbocycles. The Labute approximate surface area is 127 Å². The molecule has 4 nitrogen and oxygen atoms in total. The lowest BCUT2D eigenvalue weighted by atomic mass is 9.83. The Kier molecular flexibility index (Phi) is 5.65. The van der Waals surface area contributed by atoms with E-state index in [4.69, 9.17) is 0 Å². The van der Waals surface area contributed by atoms with E-state index in [1.54, 1.807) is 18.2 Å². The van der Waals surface area contributed by atoms with Gasteiger partial charge in [-0.25, -0.2) is 8.42 Å². The first-order valence-electron chi connectivity index (χ1n) is 7.69. The number of rotatable bonds is 6. The smallest absolute Gasteiger partial charge is 0.177 e. The fourth-order valence-electron chi connectivity index (χ4n) is 3.05. The Balaban J connectivity index is 1.84. The van der Waals surface area contributed by atoms with Gasteiger partial charge >= 0.3 is 0 Å². The maximum atomic E-state index is 11.7. The quantitative estimate of drug-likeness (QED) is 0.793. The normalized spacial score (nSPS) is 23.0. The first-order valence-corrected chi connectivity index (χ1v) is 9.58. The highest BCUT2D eigenvalue weighted by Crippen LogP contribution is 2.28. The zero-order valence-electron chi connectivity index (χ0n) is 12.6. The van der Waals surface area contributed by atoms with Crippen LogP contribution in [0.1, 0.15) is 38.5 Å². The van der Waals surface area contributed by atoms with Crippen molar-refractivity contribution in [1.29, 1.82) is 0 Å². The van der Waals surface area contributed by atoms with Crippen LogP contribution >= 0.6 is 0 Å². The Bertz CT molecular complexity index is 556. The second-order valence-corrected chi connectivity index (χ2v) is 7.93. The van der Waals surface area contributed by atoms with Crippen molar-refractivity contribution in [2.75, 3.05) is 18.1 Å². The standard InChI is InChI=1S/C16H25NO3S/c1-21(19,20)16-11-5-3-9-14(16)17-12-6-8-13-7-2-4-10-15(13)18/h3,5,9,11,13,15,17-18H,2,4,6-8,10,12H2,1H3. The maximum Gasteiger partial charge on any atom is 0.177 e. The van der Waals surface area contributed by atoms with Crippen molar-refractivity contribution in [3.63, 3.8) is 0 Å². The van der Waals surface area contributed by atoms with Crippen molar-refractivity contribution in [3.05, 3.63) is 24.3 Å². The number of sulfone groups is 1. The Morgan fingerprint density at radius 1 is 1.24 bits per heavy atom. The van der Waals surface area contributed by atoms with Crippen molar-refractivity contribution in [2.24, 2.45) is 5.92 Å². The molecule has 1 saturated carbocycles. The van der Waals surface area contributed by atoms with E-state index in [9.17, 15) is 13.5 Å². The van der Waals surface area contributed by atoms with Crippen molar-refractivity contribution in [3.8, 4) is 0 Å². The number of nitrogens with one attached hydrogen (secondary N) is 1. The van der Waals surface area contributed by atoms with Gasteiger partial charge in [0.1, 0.15) is 0 Å². The van der Waals surface area contributed by atoms with Crippen molar-refractivity contribution in [1.82, 2.24) is 0 Å². The van der Waals surface area contributed by atoms with Gasteiger partial charge in [-0.2, -0.15) is 0 Å². The van der Waals surface area contributed by atoms with E-state index in [-0.39, 0.29) is 6.10 Å². The van der Waals surface area contributed by atoms with Crippen molar-refractivity contribution < 1.29 is 13.5 Å². The summed E-state index contributed by atoms with van der Waals surface area (Å²) in [5, 5.41) is 13.1. The molecule has 0 spiro atoms. The van der Waals surface area contributed by atoms with E-state index < -0.39 is 9.84 Å². The van der Waals surface area contributed by atoms with E-state index in [1.165, 1.54) is 12.7 Å². The molecule has 21 heavy (non-hydrogen) atoms. The number of benzene rings is 1. The van der Waals surface area contributed by atoms with Gasteiger partial charge in [-0.3, -0.25) is 0 Å². The fraction of sp³-hybridized carbons (Fsp3) is 0.625. The van der Waals surface area contributed by atoms with Gasteiger partial charge in [-0.15, -0.1) is 0 Å². The predicted octanol–water partition coefficient (Wildman–Crippen LogP) is 2.83. The molecule has 0 amide bonds. The molecule has 1 aromatic rings. The highest BCUT2D eigenvalue weighted by atomic mass is 32.2. The zero-order chi connectivity index (χ0) is 15.3. The number of hydrogen-bond donors (Lipinski definition) is 2. The Hall–Kier alpha value is -1.07. The predicted molar refractivity (Wildman–Crippen MR) is 85.2 cm³/mol. The van der Waals surface area contributed by atoms with Gasteiger partial charge in [0.2, 0.25) is 0 Å². The highest BCUT2D eigenvalue weighted by Gasteiger charge is 2.22. The second kappa shape index (κ2) is 7.27. The third kappa shape index (κ3) is 4.71. The minimum atomic E-state index is -3.20. The summed E-state index contributed by atoms with van der Waals surface area (Å²) in [5.41, 5.74) is 0.671. The molecular formula is C16H25NO3S. The van der Waals surface area contributed by atoms with E-state index >= 15 is 0 Å². The lowest BCUT2D eigenvalue weighted by Crippen LogP contribution is -2.24. The van der Waals surface area contributed by atoms with Gasteiger partial charge < -0.3 is 10.4 Å². The summed E-state index contributed by atoms with van der Waals surface area (Å²) in [6.07, 6.45) is 7.41. The Morgan fingerprint density at radius 2 is 1.95 bits per heavy atom. The lowest BCUT2D eigenvalue weighted by Gasteiger charge is -2.27. The monoisotopic (exact) mass is 311 g/mol. The van der Waals surface area contributed by atoms with E-state index in [2.05, 4.69) is 5.32 Å². The van der Waals surface area contributed by atoms with Crippen LogP contribution in [0.5, 0.6) is 0 Å². The number of aliphatic hydroxyl groups excluding tert-OH is 1. The van der Waals surface area contributed by atoms with Gasteiger partial charge in [0.15, 0.2) is 9.84 Å². The summed E-state index contributed by atoms with van der Waals surface area (Å²) in [6.45, 7) is 0.732. The minimum absolute atomic E-state index is 0.151. The molecule has 2 rings (SSSR count). The first kappa shape index (κ1) is 16.3. The molecule has 0 heterocycles. The number of anilines is 1. The number of aliphatic hydroxyl groups is 1. The van der Waals surface area contributed by atoms with Gasteiger partial charge in [-0.05, 0) is 43.7 Å². The molecule has 2 unspecified atom stereocenters. The van der Waals surface area contributed by atoms with Crippen LogP contribution in [-0.4, -0.2) is 32.4 Å². The van der Waals surface area contributed by atoms with Gasteiger partial charge in [-0.1, -0.05) is 25.0 Å². The fourth-order valence-corrected chi connectivity index (χ4v) is 3.91. The van der Waals surface area contributed by atoms with Gasteiger partial charge in [0, 0.05) is 12.8 Å². The van der Waals surface area contributed by atoms with Crippen LogP contribution in [0.4, 0.5) is 5.69 Å². The molecule has 2 atom stereocenters. The van der Waals surface area contributed by atoms with Crippen LogP contribution in [0.2, 0.25) is 0 Å². The topological polar surface area (TPSA) is 66.4 Å². The van der Waals surface area contributed by atoms with Crippen molar-refractivity contribution >= 4 is 15.5 Å². The molecule has 1 fully saturated rings. The third-order valence-corrected chi connectivity index (χ3v) is 5.38. The molecule has 5 heteroatoms. The summed E-state index contributed by atoms with van der Waals surface area (Å²) in [7, 11) is -3.20. The summed E-state index contributed by atoms with van der Waals surface area (Å²) in [5.74, 6) is 0.408. The molecule has 0 aromatic heterocycles. The average molecular weight is 311 g/mol. The molecule has 0 saturated heterocycles. The van der Waals surface area contributed by atoms with Gasteiger partial charge in [0.25, 0.3) is 0 Å². The highest BCUT2D eigenvalue weighted by molar-refractivity contribution is 7.90. The summed E-state index contributed by atoms with van der Waals surface area (Å²) < 4.78 is 23.4. The minimum Gasteiger partial charge on any atom is -0.393 e. The first-order chi connectivity index (χ1) is 9.98. The maximum absolute atomic E-state index is 11.7. The molecule has 118 valence electrons. The average Bonchev–Trinajstić information content (AvgIpc) is 2.45. The van der Waals surface area contributed by atoms with Crippen LogP contribution < -0.4 is 5.32 Å². The van der Waals surface area contributed by atoms with Crippen LogP contribution in [0.3, 0.4) is 0 Å². The molecule has 0 radical (unpaired) electrons. The van der Waals surface area contributed by atoms with Crippen molar-refractivity contribution in [2.45, 2.75) is 49.5 Å². The molecule has 1 aromatic carbocycles. The molecule has 2 N–H and O–H groups in total. The molecule has 0 aliphatic heterocycles. The van der Waals surface area contributed by atoms with E-state index in [1.807, 2.05) is 6.07 Å². The number of hydrogen-bond acceptors (Lipinski definition) is 4. The Morgan fingerprint density at radius 3 is 2.67 bits per heavy atom. The zero-order valence-corrected chi connectivity index (χ0v) is 13.4. The van der Waals surface area contributed by atoms with E-state index in [0.29, 0.717) is 16.5 Å². The third-order valence-electron chi connectivity index (χ3n) is 4.22. The summed E-state index contributed by atoms with van der Waals surface area (Å²) in [6, 6.07) is 7.00. The van der Waals surface area contributed by atoms with Crippen LogP contribution in [-0.2, 0) is 9.84 Å².